The molecule has 2 rings (SSSR count). The molecule has 1 saturated carbocycles. The Hall–Kier alpha value is -0.670. The molecule has 0 aromatic heterocycles. The molecule has 3 unspecified atom stereocenters. The predicted molar refractivity (Wildman–Crippen MR) is 72.0 cm³/mol. The lowest BCUT2D eigenvalue weighted by atomic mass is 9.73. The summed E-state index contributed by atoms with van der Waals surface area (Å²) in [5.74, 6) is -0.333. The van der Waals surface area contributed by atoms with Gasteiger partial charge >= 0.3 is 0 Å². The van der Waals surface area contributed by atoms with Crippen molar-refractivity contribution >= 4 is 11.6 Å². The number of rotatable bonds is 2. The summed E-state index contributed by atoms with van der Waals surface area (Å²) < 4.78 is 27.2. The van der Waals surface area contributed by atoms with Crippen molar-refractivity contribution in [3.8, 4) is 0 Å². The first kappa shape index (κ1) is 14.7. The molecule has 1 aliphatic carbocycles. The van der Waals surface area contributed by atoms with Crippen LogP contribution in [0.3, 0.4) is 0 Å². The first-order valence-corrected chi connectivity index (χ1v) is 7.08. The minimum atomic E-state index is -0.961. The third kappa shape index (κ3) is 3.26. The second-order valence-electron chi connectivity index (χ2n) is 5.91. The molecule has 1 aliphatic rings. The van der Waals surface area contributed by atoms with Gasteiger partial charge in [-0.1, -0.05) is 25.4 Å². The van der Waals surface area contributed by atoms with Crippen LogP contribution in [0.15, 0.2) is 12.1 Å². The summed E-state index contributed by atoms with van der Waals surface area (Å²) >= 11 is 5.53. The average Bonchev–Trinajstić information content (AvgIpc) is 2.31. The second kappa shape index (κ2) is 5.76. The van der Waals surface area contributed by atoms with Crippen molar-refractivity contribution < 1.29 is 13.9 Å². The van der Waals surface area contributed by atoms with Crippen LogP contribution in [0.2, 0.25) is 5.02 Å². The summed E-state index contributed by atoms with van der Waals surface area (Å²) in [7, 11) is 0. The maximum atomic E-state index is 13.8. The Labute approximate surface area is 117 Å². The van der Waals surface area contributed by atoms with E-state index in [1.165, 1.54) is 0 Å². The first-order valence-electron chi connectivity index (χ1n) is 6.71. The Morgan fingerprint density at radius 2 is 1.68 bits per heavy atom. The van der Waals surface area contributed by atoms with Crippen molar-refractivity contribution in [3.05, 3.63) is 34.4 Å². The molecule has 1 aromatic carbocycles. The smallest absolute Gasteiger partial charge is 0.142 e. The predicted octanol–water partition coefficient (Wildman–Crippen LogP) is 4.72. The van der Waals surface area contributed by atoms with Crippen molar-refractivity contribution in [1.82, 2.24) is 0 Å². The van der Waals surface area contributed by atoms with Crippen LogP contribution in [0.4, 0.5) is 8.78 Å². The van der Waals surface area contributed by atoms with E-state index in [4.69, 9.17) is 11.6 Å². The van der Waals surface area contributed by atoms with Crippen molar-refractivity contribution in [2.45, 2.75) is 39.2 Å². The number of aliphatic hydroxyl groups excluding tert-OH is 1. The van der Waals surface area contributed by atoms with Gasteiger partial charge in [-0.3, -0.25) is 0 Å². The van der Waals surface area contributed by atoms with Crippen LogP contribution in [0, 0.1) is 29.4 Å². The quantitative estimate of drug-likeness (QED) is 0.781. The van der Waals surface area contributed by atoms with Gasteiger partial charge in [-0.2, -0.15) is 0 Å². The fourth-order valence-corrected chi connectivity index (χ4v) is 3.44. The third-order valence-corrected chi connectivity index (χ3v) is 4.31. The molecule has 0 saturated heterocycles. The fraction of sp³-hybridized carbons (Fsp3) is 0.600. The van der Waals surface area contributed by atoms with E-state index in [-0.39, 0.29) is 16.5 Å². The molecule has 4 heteroatoms. The van der Waals surface area contributed by atoms with Gasteiger partial charge in [0.2, 0.25) is 0 Å². The van der Waals surface area contributed by atoms with E-state index in [1.54, 1.807) is 0 Å². The van der Waals surface area contributed by atoms with Crippen LogP contribution in [0.25, 0.3) is 0 Å². The maximum Gasteiger partial charge on any atom is 0.142 e. The molecule has 19 heavy (non-hydrogen) atoms. The summed E-state index contributed by atoms with van der Waals surface area (Å²) in [5.41, 5.74) is 0.0215. The van der Waals surface area contributed by atoms with Gasteiger partial charge in [0.15, 0.2) is 0 Å². The van der Waals surface area contributed by atoms with Crippen LogP contribution in [-0.2, 0) is 0 Å². The summed E-state index contributed by atoms with van der Waals surface area (Å²) in [4.78, 5) is 0. The number of aliphatic hydroxyl groups is 1. The van der Waals surface area contributed by atoms with Gasteiger partial charge in [0.25, 0.3) is 0 Å². The van der Waals surface area contributed by atoms with Crippen LogP contribution >= 0.6 is 11.6 Å². The minimum Gasteiger partial charge on any atom is -0.388 e. The lowest BCUT2D eigenvalue weighted by Gasteiger charge is -2.34. The molecule has 1 N–H and O–H groups in total. The number of hydrogen-bond acceptors (Lipinski definition) is 1. The highest BCUT2D eigenvalue weighted by Gasteiger charge is 2.31. The highest BCUT2D eigenvalue weighted by Crippen LogP contribution is 2.40. The van der Waals surface area contributed by atoms with Gasteiger partial charge in [-0.15, -0.1) is 0 Å². The Bertz CT molecular complexity index is 454. The third-order valence-electron chi connectivity index (χ3n) is 4.02. The van der Waals surface area contributed by atoms with Gasteiger partial charge in [0.05, 0.1) is 11.1 Å². The number of benzene rings is 1. The Morgan fingerprint density at radius 3 is 2.26 bits per heavy atom. The second-order valence-corrected chi connectivity index (χ2v) is 6.32. The normalized spacial score (nSPS) is 29.3. The zero-order valence-electron chi connectivity index (χ0n) is 11.2. The van der Waals surface area contributed by atoms with Gasteiger partial charge < -0.3 is 5.11 Å². The molecule has 1 aromatic rings. The van der Waals surface area contributed by atoms with E-state index in [0.29, 0.717) is 11.8 Å². The van der Waals surface area contributed by atoms with Crippen LogP contribution in [0.1, 0.15) is 44.8 Å². The van der Waals surface area contributed by atoms with E-state index in [2.05, 4.69) is 13.8 Å². The lowest BCUT2D eigenvalue weighted by Crippen LogP contribution is -2.25. The summed E-state index contributed by atoms with van der Waals surface area (Å²) in [6, 6.07) is 1.96. The molecule has 0 amide bonds. The van der Waals surface area contributed by atoms with Gasteiger partial charge in [0, 0.05) is 5.56 Å². The van der Waals surface area contributed by atoms with E-state index in [0.717, 1.165) is 31.4 Å². The molecule has 0 heterocycles. The highest BCUT2D eigenvalue weighted by molar-refractivity contribution is 6.30. The molecule has 0 bridgehead atoms. The SMILES string of the molecule is CC1CC(C)CC(C(O)c2cc(F)c(Cl)cc2F)C1. The van der Waals surface area contributed by atoms with Crippen molar-refractivity contribution in [2.24, 2.45) is 17.8 Å². The molecule has 106 valence electrons. The molecule has 0 spiro atoms. The standard InChI is InChI=1S/C15H19ClF2O/c1-8-3-9(2)5-10(4-8)15(19)11-6-14(18)12(16)7-13(11)17/h6-10,15,19H,3-5H2,1-2H3. The monoisotopic (exact) mass is 288 g/mol. The zero-order chi connectivity index (χ0) is 14.2. The van der Waals surface area contributed by atoms with Crippen molar-refractivity contribution in [1.29, 1.82) is 0 Å². The van der Waals surface area contributed by atoms with Crippen molar-refractivity contribution in [3.63, 3.8) is 0 Å². The zero-order valence-corrected chi connectivity index (χ0v) is 11.9. The number of hydrogen-bond donors (Lipinski definition) is 1. The topological polar surface area (TPSA) is 20.2 Å². The van der Waals surface area contributed by atoms with Crippen LogP contribution < -0.4 is 0 Å². The Kier molecular flexibility index (Phi) is 4.46. The molecular weight excluding hydrogens is 270 g/mol. The van der Waals surface area contributed by atoms with Gasteiger partial charge in [-0.25, -0.2) is 8.78 Å². The Morgan fingerprint density at radius 1 is 1.11 bits per heavy atom. The number of halogens is 3. The molecule has 3 atom stereocenters. The molecule has 0 aliphatic heterocycles. The van der Waals surface area contributed by atoms with E-state index in [9.17, 15) is 13.9 Å². The lowest BCUT2D eigenvalue weighted by molar-refractivity contribution is 0.0524. The van der Waals surface area contributed by atoms with Gasteiger partial charge in [0.1, 0.15) is 11.6 Å². The highest BCUT2D eigenvalue weighted by atomic mass is 35.5. The molecule has 1 fully saturated rings. The van der Waals surface area contributed by atoms with Gasteiger partial charge in [-0.05, 0) is 49.1 Å². The van der Waals surface area contributed by atoms with E-state index in [1.807, 2.05) is 0 Å². The summed E-state index contributed by atoms with van der Waals surface area (Å²) in [5, 5.41) is 10.1. The molecule has 1 nitrogen and oxygen atoms in total. The minimum absolute atomic E-state index is 0.0196. The summed E-state index contributed by atoms with van der Waals surface area (Å²) in [6.45, 7) is 4.27. The van der Waals surface area contributed by atoms with Crippen LogP contribution in [0.5, 0.6) is 0 Å². The molecule has 0 radical (unpaired) electrons. The Balaban J connectivity index is 2.23. The summed E-state index contributed by atoms with van der Waals surface area (Å²) in [6.07, 6.45) is 1.85. The van der Waals surface area contributed by atoms with Crippen LogP contribution in [-0.4, -0.2) is 5.11 Å². The average molecular weight is 289 g/mol. The first-order chi connectivity index (χ1) is 8.88. The maximum absolute atomic E-state index is 13.8. The van der Waals surface area contributed by atoms with E-state index >= 15 is 0 Å². The van der Waals surface area contributed by atoms with E-state index < -0.39 is 17.7 Å². The fourth-order valence-electron chi connectivity index (χ4n) is 3.29. The molecular formula is C15H19ClF2O. The largest absolute Gasteiger partial charge is 0.388 e. The van der Waals surface area contributed by atoms with Crippen molar-refractivity contribution in [2.75, 3.05) is 0 Å².